The van der Waals surface area contributed by atoms with E-state index in [1.54, 1.807) is 0 Å². The topological polar surface area (TPSA) is 63.6 Å². The van der Waals surface area contributed by atoms with Crippen LogP contribution in [0.1, 0.15) is 13.8 Å². The molecule has 0 aliphatic rings. The Labute approximate surface area is 70.1 Å². The molecule has 0 amide bonds. The fourth-order valence-corrected chi connectivity index (χ4v) is 0.420. The fraction of sp³-hybridized carbons (Fsp3) is 0.250. The number of allylic oxidation sites excluding steroid dienone is 1. The monoisotopic (exact) mass is 170 g/mol. The minimum atomic E-state index is -1.11. The first kappa shape index (κ1) is 10.4. The molecule has 66 valence electrons. The van der Waals surface area contributed by atoms with Crippen molar-refractivity contribution < 1.29 is 19.4 Å². The number of carbonyl (C=O) groups is 2. The summed E-state index contributed by atoms with van der Waals surface area (Å²) in [6, 6.07) is 0. The molecule has 0 aliphatic carbocycles. The molecule has 4 heteroatoms. The lowest BCUT2D eigenvalue weighted by molar-refractivity contribution is -0.134. The summed E-state index contributed by atoms with van der Waals surface area (Å²) >= 11 is 0. The Bertz CT molecular complexity index is 250. The highest BCUT2D eigenvalue weighted by molar-refractivity contribution is 5.88. The number of carbonyl (C=O) groups excluding carboxylic acids is 1. The maximum Gasteiger partial charge on any atom is 0.335 e. The highest BCUT2D eigenvalue weighted by Crippen LogP contribution is 2.05. The van der Waals surface area contributed by atoms with Crippen molar-refractivity contribution in [3.8, 4) is 0 Å². The maximum atomic E-state index is 10.6. The predicted octanol–water partition coefficient (Wildman–Crippen LogP) is 1.09. The minimum absolute atomic E-state index is 0.00481. The zero-order valence-electron chi connectivity index (χ0n) is 6.96. The van der Waals surface area contributed by atoms with Gasteiger partial charge < -0.3 is 9.84 Å². The molecular formula is C8H10O4. The lowest BCUT2D eigenvalue weighted by Gasteiger charge is -2.02. The average molecular weight is 170 g/mol. The van der Waals surface area contributed by atoms with Gasteiger partial charge in [0.15, 0.2) is 0 Å². The highest BCUT2D eigenvalue weighted by Gasteiger charge is 2.08. The van der Waals surface area contributed by atoms with Crippen molar-refractivity contribution in [3.63, 3.8) is 0 Å². The molecule has 0 aromatic rings. The quantitative estimate of drug-likeness (QED) is 0.391. The van der Waals surface area contributed by atoms with Crippen molar-refractivity contribution >= 4 is 11.9 Å². The van der Waals surface area contributed by atoms with Gasteiger partial charge >= 0.3 is 11.9 Å². The van der Waals surface area contributed by atoms with Gasteiger partial charge in [-0.25, -0.2) is 9.59 Å². The number of esters is 1. The first-order valence-electron chi connectivity index (χ1n) is 3.24. The van der Waals surface area contributed by atoms with Crippen LogP contribution >= 0.6 is 0 Å². The van der Waals surface area contributed by atoms with Crippen LogP contribution in [0.2, 0.25) is 0 Å². The van der Waals surface area contributed by atoms with Crippen LogP contribution in [0, 0.1) is 0 Å². The maximum absolute atomic E-state index is 10.6. The third-order valence-electron chi connectivity index (χ3n) is 1.27. The predicted molar refractivity (Wildman–Crippen MR) is 42.3 cm³/mol. The average Bonchev–Trinajstić information content (AvgIpc) is 2.02. The second-order valence-electron chi connectivity index (χ2n) is 2.11. The van der Waals surface area contributed by atoms with Crippen molar-refractivity contribution in [1.29, 1.82) is 0 Å². The molecule has 0 aromatic heterocycles. The Kier molecular flexibility index (Phi) is 3.76. The summed E-state index contributed by atoms with van der Waals surface area (Å²) in [5.41, 5.74) is 0.00481. The summed E-state index contributed by atoms with van der Waals surface area (Å²) < 4.78 is 4.56. The van der Waals surface area contributed by atoms with Crippen molar-refractivity contribution in [1.82, 2.24) is 0 Å². The molecule has 0 heterocycles. The number of hydrogen-bond donors (Lipinski definition) is 1. The van der Waals surface area contributed by atoms with E-state index in [1.807, 2.05) is 0 Å². The second kappa shape index (κ2) is 4.33. The number of rotatable bonds is 3. The van der Waals surface area contributed by atoms with E-state index in [0.29, 0.717) is 0 Å². The largest absolute Gasteiger partial charge is 0.478 e. The molecule has 0 saturated carbocycles. The molecule has 0 bridgehead atoms. The normalized spacial score (nSPS) is 11.5. The molecule has 0 saturated heterocycles. The zero-order valence-corrected chi connectivity index (χ0v) is 6.96. The molecule has 0 atom stereocenters. The molecule has 1 N–H and O–H groups in total. The molecule has 0 aromatic carbocycles. The third kappa shape index (κ3) is 3.01. The van der Waals surface area contributed by atoms with Crippen LogP contribution in [0.3, 0.4) is 0 Å². The summed E-state index contributed by atoms with van der Waals surface area (Å²) in [5.74, 6) is -1.69. The van der Waals surface area contributed by atoms with E-state index in [0.717, 1.165) is 6.08 Å². The second-order valence-corrected chi connectivity index (χ2v) is 2.11. The minimum Gasteiger partial charge on any atom is -0.478 e. The van der Waals surface area contributed by atoms with Gasteiger partial charge in [-0.05, 0) is 13.8 Å². The van der Waals surface area contributed by atoms with E-state index < -0.39 is 11.9 Å². The van der Waals surface area contributed by atoms with E-state index in [-0.39, 0.29) is 11.3 Å². The van der Waals surface area contributed by atoms with Crippen LogP contribution in [0.15, 0.2) is 24.0 Å². The van der Waals surface area contributed by atoms with Crippen molar-refractivity contribution in [2.75, 3.05) is 0 Å². The Morgan fingerprint density at radius 3 is 2.25 bits per heavy atom. The van der Waals surface area contributed by atoms with Crippen LogP contribution in [0.25, 0.3) is 0 Å². The number of carboxylic acid groups (broad SMARTS) is 1. The Morgan fingerprint density at radius 1 is 1.42 bits per heavy atom. The lowest BCUT2D eigenvalue weighted by atomic mass is 10.3. The van der Waals surface area contributed by atoms with Crippen molar-refractivity contribution in [2.24, 2.45) is 0 Å². The summed E-state index contributed by atoms with van der Waals surface area (Å²) in [6.45, 7) is 5.94. The van der Waals surface area contributed by atoms with E-state index >= 15 is 0 Å². The van der Waals surface area contributed by atoms with Gasteiger partial charge in [-0.15, -0.1) is 0 Å². The van der Waals surface area contributed by atoms with Gasteiger partial charge in [0.25, 0.3) is 0 Å². The molecular weight excluding hydrogens is 160 g/mol. The molecule has 0 rings (SSSR count). The number of ether oxygens (including phenoxy) is 1. The van der Waals surface area contributed by atoms with Gasteiger partial charge in [-0.2, -0.15) is 0 Å². The van der Waals surface area contributed by atoms with E-state index in [1.165, 1.54) is 13.8 Å². The van der Waals surface area contributed by atoms with E-state index in [9.17, 15) is 9.59 Å². The number of hydrogen-bond acceptors (Lipinski definition) is 3. The SMILES string of the molecule is C=CC(=O)OC(C)=C(C)C(=O)O. The zero-order chi connectivity index (χ0) is 9.72. The van der Waals surface area contributed by atoms with Crippen LogP contribution in [-0.4, -0.2) is 17.0 Å². The smallest absolute Gasteiger partial charge is 0.335 e. The highest BCUT2D eigenvalue weighted by atomic mass is 16.5. The first-order chi connectivity index (χ1) is 5.49. The van der Waals surface area contributed by atoms with Gasteiger partial charge in [0.1, 0.15) is 5.76 Å². The third-order valence-corrected chi connectivity index (χ3v) is 1.27. The molecule has 0 unspecified atom stereocenters. The standard InChI is InChI=1S/C8H10O4/c1-4-7(9)12-6(3)5(2)8(10)11/h4H,1H2,2-3H3,(H,10,11). The van der Waals surface area contributed by atoms with Crippen molar-refractivity contribution in [2.45, 2.75) is 13.8 Å². The van der Waals surface area contributed by atoms with Gasteiger partial charge in [0.05, 0.1) is 5.57 Å². The Morgan fingerprint density at radius 2 is 1.92 bits per heavy atom. The summed E-state index contributed by atoms with van der Waals surface area (Å²) in [4.78, 5) is 20.9. The van der Waals surface area contributed by atoms with E-state index in [4.69, 9.17) is 5.11 Å². The summed E-state index contributed by atoms with van der Waals surface area (Å²) in [7, 11) is 0. The van der Waals surface area contributed by atoms with Crippen LogP contribution in [0.5, 0.6) is 0 Å². The number of carboxylic acids is 1. The molecule has 12 heavy (non-hydrogen) atoms. The first-order valence-corrected chi connectivity index (χ1v) is 3.24. The van der Waals surface area contributed by atoms with Gasteiger partial charge in [0.2, 0.25) is 0 Å². The Balaban J connectivity index is 4.47. The van der Waals surface area contributed by atoms with E-state index in [2.05, 4.69) is 11.3 Å². The summed E-state index contributed by atoms with van der Waals surface area (Å²) in [6.07, 6.45) is 0.971. The van der Waals surface area contributed by atoms with Crippen LogP contribution in [0.4, 0.5) is 0 Å². The lowest BCUT2D eigenvalue weighted by Crippen LogP contribution is -2.05. The molecule has 4 nitrogen and oxygen atoms in total. The van der Waals surface area contributed by atoms with Gasteiger partial charge in [0, 0.05) is 6.08 Å². The summed E-state index contributed by atoms with van der Waals surface area (Å²) in [5, 5.41) is 8.46. The van der Waals surface area contributed by atoms with Crippen LogP contribution < -0.4 is 0 Å². The number of aliphatic carboxylic acids is 1. The molecule has 0 radical (unpaired) electrons. The molecule has 0 spiro atoms. The fourth-order valence-electron chi connectivity index (χ4n) is 0.420. The van der Waals surface area contributed by atoms with Crippen molar-refractivity contribution in [3.05, 3.63) is 24.0 Å². The Hall–Kier alpha value is -1.58. The van der Waals surface area contributed by atoms with Gasteiger partial charge in [-0.1, -0.05) is 6.58 Å². The van der Waals surface area contributed by atoms with Crippen LogP contribution in [-0.2, 0) is 14.3 Å². The van der Waals surface area contributed by atoms with Gasteiger partial charge in [-0.3, -0.25) is 0 Å². The molecule has 0 fully saturated rings. The molecule has 0 aliphatic heterocycles.